The van der Waals surface area contributed by atoms with Crippen LogP contribution in [0.2, 0.25) is 0 Å². The van der Waals surface area contributed by atoms with Crippen LogP contribution in [-0.4, -0.2) is 30.1 Å². The molecule has 3 N–H and O–H groups in total. The first-order valence-corrected chi connectivity index (χ1v) is 11.7. The van der Waals surface area contributed by atoms with Gasteiger partial charge in [-0.2, -0.15) is 4.72 Å². The molecule has 156 valence electrons. The van der Waals surface area contributed by atoms with E-state index in [1.54, 1.807) is 31.2 Å². The predicted octanol–water partition coefficient (Wildman–Crippen LogP) is 3.44. The van der Waals surface area contributed by atoms with Gasteiger partial charge in [0.15, 0.2) is 0 Å². The van der Waals surface area contributed by atoms with E-state index in [1.807, 2.05) is 36.4 Å². The lowest BCUT2D eigenvalue weighted by molar-refractivity contribution is -0.140. The van der Waals surface area contributed by atoms with Crippen LogP contribution in [0.5, 0.6) is 0 Å². The number of carboxylic acids is 1. The maximum absolute atomic E-state index is 13.1. The molecule has 2 aromatic carbocycles. The minimum Gasteiger partial charge on any atom is -0.480 e. The maximum atomic E-state index is 13.1. The Kier molecular flexibility index (Phi) is 5.27. The molecule has 6 nitrogen and oxygen atoms in total. The lowest BCUT2D eigenvalue weighted by atomic mass is 10.1. The number of aliphatic hydroxyl groups excluding tert-OH is 1. The number of thiophene rings is 1. The third kappa shape index (κ3) is 3.45. The second-order valence-electron chi connectivity index (χ2n) is 7.43. The van der Waals surface area contributed by atoms with Crippen LogP contribution in [0.15, 0.2) is 70.9 Å². The molecule has 3 aromatic rings. The topological polar surface area (TPSA) is 104 Å². The zero-order valence-electron chi connectivity index (χ0n) is 16.1. The van der Waals surface area contributed by atoms with Crippen molar-refractivity contribution in [2.45, 2.75) is 29.2 Å². The summed E-state index contributed by atoms with van der Waals surface area (Å²) < 4.78 is 28.7. The Balaban J connectivity index is 1.64. The van der Waals surface area contributed by atoms with Gasteiger partial charge in [0.25, 0.3) is 10.0 Å². The van der Waals surface area contributed by atoms with Crippen molar-refractivity contribution in [3.63, 3.8) is 0 Å². The molecule has 0 spiro atoms. The monoisotopic (exact) mass is 443 g/mol. The van der Waals surface area contributed by atoms with Gasteiger partial charge >= 0.3 is 5.97 Å². The van der Waals surface area contributed by atoms with Crippen LogP contribution >= 0.6 is 11.3 Å². The molecule has 0 amide bonds. The van der Waals surface area contributed by atoms with Crippen LogP contribution in [0.1, 0.15) is 24.0 Å². The molecule has 4 rings (SSSR count). The van der Waals surface area contributed by atoms with Gasteiger partial charge in [-0.3, -0.25) is 4.79 Å². The Morgan fingerprint density at radius 3 is 2.50 bits per heavy atom. The van der Waals surface area contributed by atoms with E-state index in [9.17, 15) is 23.4 Å². The summed E-state index contributed by atoms with van der Waals surface area (Å²) in [7, 11) is -4.04. The molecule has 0 saturated heterocycles. The Bertz CT molecular complexity index is 1190. The van der Waals surface area contributed by atoms with Gasteiger partial charge in [-0.25, -0.2) is 8.42 Å². The second kappa shape index (κ2) is 7.63. The summed E-state index contributed by atoms with van der Waals surface area (Å²) in [6.45, 7) is 1.64. The third-order valence-electron chi connectivity index (χ3n) is 5.66. The molecule has 1 aromatic heterocycles. The number of carbonyl (C=O) groups is 1. The van der Waals surface area contributed by atoms with Crippen molar-refractivity contribution in [3.05, 3.63) is 77.9 Å². The highest BCUT2D eigenvalue weighted by atomic mass is 32.2. The summed E-state index contributed by atoms with van der Waals surface area (Å²) >= 11 is 1.07. The van der Waals surface area contributed by atoms with Gasteiger partial charge in [-0.05, 0) is 40.8 Å². The molecule has 3 atom stereocenters. The molecule has 1 aliphatic carbocycles. The van der Waals surface area contributed by atoms with E-state index in [1.165, 1.54) is 6.07 Å². The van der Waals surface area contributed by atoms with E-state index < -0.39 is 27.4 Å². The quantitative estimate of drug-likeness (QED) is 0.519. The largest absolute Gasteiger partial charge is 0.480 e. The minimum absolute atomic E-state index is 0.0541. The van der Waals surface area contributed by atoms with Crippen LogP contribution in [-0.2, 0) is 21.4 Å². The first-order chi connectivity index (χ1) is 14.3. The molecule has 0 aliphatic heterocycles. The van der Waals surface area contributed by atoms with Crippen LogP contribution in [0.25, 0.3) is 10.4 Å². The van der Waals surface area contributed by atoms with Crippen molar-refractivity contribution in [1.82, 2.24) is 4.72 Å². The molecule has 0 radical (unpaired) electrons. The Hall–Kier alpha value is -2.52. The fraction of sp³-hybridized carbons (Fsp3) is 0.227. The number of hydrogen-bond donors (Lipinski definition) is 3. The molecular weight excluding hydrogens is 422 g/mol. The fourth-order valence-corrected chi connectivity index (χ4v) is 6.78. The lowest BCUT2D eigenvalue weighted by Gasteiger charge is -2.15. The molecule has 0 bridgehead atoms. The first-order valence-electron chi connectivity index (χ1n) is 9.42. The molecular formula is C22H21NO5S2. The number of aliphatic carboxylic acids is 1. The Morgan fingerprint density at radius 1 is 1.10 bits per heavy atom. The smallest absolute Gasteiger partial charge is 0.325 e. The molecule has 30 heavy (non-hydrogen) atoms. The number of hydrogen-bond acceptors (Lipinski definition) is 5. The average molecular weight is 444 g/mol. The van der Waals surface area contributed by atoms with Crippen molar-refractivity contribution in [2.75, 3.05) is 0 Å². The number of rotatable bonds is 7. The number of nitrogens with one attached hydrogen (secondary N) is 1. The van der Waals surface area contributed by atoms with Gasteiger partial charge in [0, 0.05) is 10.8 Å². The van der Waals surface area contributed by atoms with Gasteiger partial charge in [-0.15, -0.1) is 11.3 Å². The van der Waals surface area contributed by atoms with Gasteiger partial charge in [0.2, 0.25) is 0 Å². The minimum atomic E-state index is -4.04. The summed E-state index contributed by atoms with van der Waals surface area (Å²) in [5, 5.41) is 19.2. The summed E-state index contributed by atoms with van der Waals surface area (Å²) in [4.78, 5) is 12.9. The highest BCUT2D eigenvalue weighted by Crippen LogP contribution is 2.58. The number of sulfonamides is 1. The van der Waals surface area contributed by atoms with Crippen molar-refractivity contribution < 1.29 is 23.4 Å². The highest BCUT2D eigenvalue weighted by molar-refractivity contribution is 7.91. The van der Waals surface area contributed by atoms with Crippen molar-refractivity contribution in [1.29, 1.82) is 0 Å². The summed E-state index contributed by atoms with van der Waals surface area (Å²) in [5.41, 5.74) is 0.748. The predicted molar refractivity (Wildman–Crippen MR) is 115 cm³/mol. The van der Waals surface area contributed by atoms with E-state index in [4.69, 9.17) is 0 Å². The normalized spacial score (nSPS) is 23.3. The Morgan fingerprint density at radius 2 is 1.83 bits per heavy atom. The zero-order valence-corrected chi connectivity index (χ0v) is 17.8. The molecule has 1 fully saturated rings. The van der Waals surface area contributed by atoms with E-state index in [0.717, 1.165) is 32.9 Å². The van der Waals surface area contributed by atoms with E-state index in [2.05, 4.69) is 4.72 Å². The van der Waals surface area contributed by atoms with Crippen LogP contribution in [0.3, 0.4) is 0 Å². The summed E-state index contributed by atoms with van der Waals surface area (Å²) in [6, 6.07) is 19.5. The second-order valence-corrected chi connectivity index (χ2v) is 10.4. The van der Waals surface area contributed by atoms with Crippen LogP contribution in [0, 0.1) is 5.92 Å². The molecule has 2 unspecified atom stereocenters. The van der Waals surface area contributed by atoms with E-state index >= 15 is 0 Å². The third-order valence-corrected chi connectivity index (χ3v) is 8.77. The van der Waals surface area contributed by atoms with Crippen molar-refractivity contribution in [3.8, 4) is 10.4 Å². The van der Waals surface area contributed by atoms with Gasteiger partial charge in [-0.1, -0.05) is 55.5 Å². The Labute approximate surface area is 178 Å². The SMILES string of the molecule is CC1[C@@H](c2ccccc2)C1(NS(=O)(=O)c1ccc(-c2cccc(CO)c2)s1)C(=O)O. The maximum Gasteiger partial charge on any atom is 0.325 e. The van der Waals surface area contributed by atoms with Crippen LogP contribution < -0.4 is 4.72 Å². The first kappa shape index (κ1) is 20.7. The zero-order chi connectivity index (χ0) is 21.5. The van der Waals surface area contributed by atoms with Crippen LogP contribution in [0.4, 0.5) is 0 Å². The van der Waals surface area contributed by atoms with Crippen molar-refractivity contribution >= 4 is 27.3 Å². The molecule has 1 heterocycles. The average Bonchev–Trinajstić information content (AvgIpc) is 3.08. The fourth-order valence-electron chi connectivity index (χ4n) is 4.02. The number of benzene rings is 2. The lowest BCUT2D eigenvalue weighted by Crippen LogP contribution is -2.45. The molecule has 1 aliphatic rings. The van der Waals surface area contributed by atoms with Gasteiger partial charge in [0.05, 0.1) is 6.61 Å². The number of carboxylic acid groups (broad SMARTS) is 1. The molecule has 1 saturated carbocycles. The van der Waals surface area contributed by atoms with Crippen molar-refractivity contribution in [2.24, 2.45) is 5.92 Å². The standard InChI is InChI=1S/C22H21NO5S2/c1-14-20(16-7-3-2-4-8-16)22(14,21(25)26)23-30(27,28)19-11-10-18(29-19)17-9-5-6-15(12-17)13-24/h2-12,14,20,23-24H,13H2,1H3,(H,25,26)/t14?,20-,22?/m0/s1. The van der Waals surface area contributed by atoms with Gasteiger partial charge in [0.1, 0.15) is 9.75 Å². The summed E-state index contributed by atoms with van der Waals surface area (Å²) in [5.74, 6) is -2.00. The molecule has 8 heteroatoms. The van der Waals surface area contributed by atoms with Gasteiger partial charge < -0.3 is 10.2 Å². The van der Waals surface area contributed by atoms with E-state index in [0.29, 0.717) is 0 Å². The van der Waals surface area contributed by atoms with E-state index in [-0.39, 0.29) is 16.7 Å². The number of aliphatic hydroxyl groups is 1. The highest BCUT2D eigenvalue weighted by Gasteiger charge is 2.70. The summed E-state index contributed by atoms with van der Waals surface area (Å²) in [6.07, 6.45) is 0.